The number of aryl methyl sites for hydroxylation is 3. The highest BCUT2D eigenvalue weighted by atomic mass is 16.5. The Kier molecular flexibility index (Phi) is 7.61. The van der Waals surface area contributed by atoms with Crippen LogP contribution in [0, 0.1) is 32.1 Å². The molecule has 33 heavy (non-hydrogen) atoms. The zero-order chi connectivity index (χ0) is 23.8. The van der Waals surface area contributed by atoms with Gasteiger partial charge in [-0.2, -0.15) is 5.26 Å². The number of rotatable bonds is 7. The van der Waals surface area contributed by atoms with Crippen LogP contribution in [0.1, 0.15) is 22.3 Å². The number of nitrogens with zero attached hydrogens (tertiary/aromatic N) is 1. The molecule has 0 saturated heterocycles. The van der Waals surface area contributed by atoms with Crippen molar-refractivity contribution in [2.45, 2.75) is 20.8 Å². The molecule has 0 unspecified atom stereocenters. The topological polar surface area (TPSA) is 91.2 Å². The molecule has 0 aliphatic heterocycles. The molecule has 0 aliphatic rings. The van der Waals surface area contributed by atoms with E-state index in [4.69, 9.17) is 4.74 Å². The Morgan fingerprint density at radius 3 is 2.36 bits per heavy atom. The van der Waals surface area contributed by atoms with Gasteiger partial charge in [-0.25, -0.2) is 0 Å². The van der Waals surface area contributed by atoms with Gasteiger partial charge < -0.3 is 15.4 Å². The number of carbonyl (C=O) groups is 2. The van der Waals surface area contributed by atoms with Crippen LogP contribution in [-0.2, 0) is 9.59 Å². The first-order chi connectivity index (χ1) is 15.8. The molecule has 2 N–H and O–H groups in total. The number of benzene rings is 3. The molecule has 0 fully saturated rings. The van der Waals surface area contributed by atoms with Crippen molar-refractivity contribution in [1.82, 2.24) is 0 Å². The highest BCUT2D eigenvalue weighted by Crippen LogP contribution is 2.18. The van der Waals surface area contributed by atoms with Gasteiger partial charge in [-0.1, -0.05) is 36.4 Å². The summed E-state index contributed by atoms with van der Waals surface area (Å²) in [5.41, 5.74) is 5.08. The van der Waals surface area contributed by atoms with Gasteiger partial charge in [-0.3, -0.25) is 9.59 Å². The highest BCUT2D eigenvalue weighted by Gasteiger charge is 2.10. The molecule has 0 saturated carbocycles. The second kappa shape index (κ2) is 10.8. The quantitative estimate of drug-likeness (QED) is 0.392. The smallest absolute Gasteiger partial charge is 0.266 e. The molecule has 0 spiro atoms. The van der Waals surface area contributed by atoms with Gasteiger partial charge in [-0.15, -0.1) is 0 Å². The largest absolute Gasteiger partial charge is 0.484 e. The number of nitriles is 1. The van der Waals surface area contributed by atoms with Crippen molar-refractivity contribution in [1.29, 1.82) is 5.26 Å². The summed E-state index contributed by atoms with van der Waals surface area (Å²) in [7, 11) is 0. The SMILES string of the molecule is Cc1cccc(NC(=O)/C(C#N)=C/c2ccc(OCC(=O)Nc3cc(C)ccc3C)cc2)c1. The number of hydrogen-bond donors (Lipinski definition) is 2. The standard InChI is InChI=1S/C27H25N3O3/c1-18-5-4-6-23(13-18)29-27(32)22(16-28)15-21-9-11-24(12-10-21)33-17-26(31)30-25-14-19(2)7-8-20(25)3/h4-15H,17H2,1-3H3,(H,29,32)(H,30,31)/b22-15+. The molecule has 0 atom stereocenters. The first-order valence-corrected chi connectivity index (χ1v) is 10.4. The summed E-state index contributed by atoms with van der Waals surface area (Å²) in [4.78, 5) is 24.6. The van der Waals surface area contributed by atoms with E-state index in [2.05, 4.69) is 10.6 Å². The van der Waals surface area contributed by atoms with Crippen LogP contribution in [-0.4, -0.2) is 18.4 Å². The number of nitrogens with one attached hydrogen (secondary N) is 2. The van der Waals surface area contributed by atoms with E-state index in [1.165, 1.54) is 6.08 Å². The molecule has 3 aromatic carbocycles. The molecule has 0 bridgehead atoms. The molecule has 0 heterocycles. The Bertz CT molecular complexity index is 1240. The number of ether oxygens (including phenoxy) is 1. The number of carbonyl (C=O) groups excluding carboxylic acids is 2. The first-order valence-electron chi connectivity index (χ1n) is 10.4. The fraction of sp³-hybridized carbons (Fsp3) is 0.148. The van der Waals surface area contributed by atoms with Crippen LogP contribution in [0.3, 0.4) is 0 Å². The molecular formula is C27H25N3O3. The van der Waals surface area contributed by atoms with Crippen LogP contribution in [0.2, 0.25) is 0 Å². The van der Waals surface area contributed by atoms with Gasteiger partial charge in [0.05, 0.1) is 0 Å². The predicted octanol–water partition coefficient (Wildman–Crippen LogP) is 5.18. The summed E-state index contributed by atoms with van der Waals surface area (Å²) in [6.45, 7) is 5.68. The van der Waals surface area contributed by atoms with Crippen molar-refractivity contribution in [3.8, 4) is 11.8 Å². The molecule has 6 nitrogen and oxygen atoms in total. The lowest BCUT2D eigenvalue weighted by atomic mass is 10.1. The lowest BCUT2D eigenvalue weighted by molar-refractivity contribution is -0.118. The maximum Gasteiger partial charge on any atom is 0.266 e. The number of amides is 2. The second-order valence-corrected chi connectivity index (χ2v) is 7.72. The van der Waals surface area contributed by atoms with Gasteiger partial charge in [0, 0.05) is 11.4 Å². The van der Waals surface area contributed by atoms with Gasteiger partial charge in [0.25, 0.3) is 11.8 Å². The maximum absolute atomic E-state index is 12.4. The lowest BCUT2D eigenvalue weighted by Gasteiger charge is -2.10. The summed E-state index contributed by atoms with van der Waals surface area (Å²) >= 11 is 0. The van der Waals surface area contributed by atoms with Crippen molar-refractivity contribution in [2.24, 2.45) is 0 Å². The van der Waals surface area contributed by atoms with Crippen molar-refractivity contribution < 1.29 is 14.3 Å². The van der Waals surface area contributed by atoms with E-state index in [0.29, 0.717) is 17.0 Å². The number of hydrogen-bond acceptors (Lipinski definition) is 4. The maximum atomic E-state index is 12.4. The predicted molar refractivity (Wildman–Crippen MR) is 130 cm³/mol. The molecule has 6 heteroatoms. The first kappa shape index (κ1) is 23.3. The van der Waals surface area contributed by atoms with Gasteiger partial charge in [0.15, 0.2) is 6.61 Å². The summed E-state index contributed by atoms with van der Waals surface area (Å²) < 4.78 is 5.56. The average molecular weight is 440 g/mol. The molecule has 0 radical (unpaired) electrons. The van der Waals surface area contributed by atoms with E-state index in [1.54, 1.807) is 30.3 Å². The molecule has 0 aliphatic carbocycles. The Morgan fingerprint density at radius 1 is 0.939 bits per heavy atom. The lowest BCUT2D eigenvalue weighted by Crippen LogP contribution is -2.20. The zero-order valence-electron chi connectivity index (χ0n) is 18.8. The van der Waals surface area contributed by atoms with Crippen molar-refractivity contribution >= 4 is 29.3 Å². The van der Waals surface area contributed by atoms with Crippen LogP contribution in [0.25, 0.3) is 6.08 Å². The van der Waals surface area contributed by atoms with Gasteiger partial charge in [-0.05, 0) is 79.4 Å². The molecule has 166 valence electrons. The third-order valence-electron chi connectivity index (χ3n) is 4.87. The van der Waals surface area contributed by atoms with Crippen LogP contribution >= 0.6 is 0 Å². The minimum Gasteiger partial charge on any atom is -0.484 e. The monoisotopic (exact) mass is 439 g/mol. The van der Waals surface area contributed by atoms with E-state index < -0.39 is 5.91 Å². The third kappa shape index (κ3) is 6.81. The van der Waals surface area contributed by atoms with E-state index in [-0.39, 0.29) is 18.1 Å². The Balaban J connectivity index is 1.58. The Hall–Kier alpha value is -4.37. The highest BCUT2D eigenvalue weighted by molar-refractivity contribution is 6.09. The van der Waals surface area contributed by atoms with Crippen LogP contribution < -0.4 is 15.4 Å². The van der Waals surface area contributed by atoms with Crippen molar-refractivity contribution in [3.63, 3.8) is 0 Å². The summed E-state index contributed by atoms with van der Waals surface area (Å²) in [5, 5.41) is 15.0. The minimum absolute atomic E-state index is 0.0157. The van der Waals surface area contributed by atoms with Crippen LogP contribution in [0.15, 0.2) is 72.3 Å². The van der Waals surface area contributed by atoms with Crippen molar-refractivity contribution in [2.75, 3.05) is 17.2 Å². The Labute approximate surface area is 193 Å². The van der Waals surface area contributed by atoms with Gasteiger partial charge in [0.1, 0.15) is 17.4 Å². The summed E-state index contributed by atoms with van der Waals surface area (Å²) in [6.07, 6.45) is 1.50. The molecule has 3 aromatic rings. The molecular weight excluding hydrogens is 414 g/mol. The van der Waals surface area contributed by atoms with Gasteiger partial charge >= 0.3 is 0 Å². The minimum atomic E-state index is -0.480. The summed E-state index contributed by atoms with van der Waals surface area (Å²) in [5.74, 6) is -0.232. The van der Waals surface area contributed by atoms with Crippen LogP contribution in [0.5, 0.6) is 5.75 Å². The van der Waals surface area contributed by atoms with Crippen molar-refractivity contribution in [3.05, 3.63) is 94.6 Å². The Morgan fingerprint density at radius 2 is 1.67 bits per heavy atom. The van der Waals surface area contributed by atoms with E-state index in [0.717, 1.165) is 22.4 Å². The van der Waals surface area contributed by atoms with Gasteiger partial charge in [0.2, 0.25) is 0 Å². The fourth-order valence-electron chi connectivity index (χ4n) is 3.10. The van der Waals surface area contributed by atoms with E-state index >= 15 is 0 Å². The van der Waals surface area contributed by atoms with Crippen LogP contribution in [0.4, 0.5) is 11.4 Å². The molecule has 2 amide bonds. The normalized spacial score (nSPS) is 10.8. The zero-order valence-corrected chi connectivity index (χ0v) is 18.8. The van der Waals surface area contributed by atoms with E-state index in [9.17, 15) is 14.9 Å². The number of anilines is 2. The third-order valence-corrected chi connectivity index (χ3v) is 4.87. The summed E-state index contributed by atoms with van der Waals surface area (Å²) in [6, 6.07) is 21.9. The molecule has 0 aromatic heterocycles. The second-order valence-electron chi connectivity index (χ2n) is 7.72. The fourth-order valence-corrected chi connectivity index (χ4v) is 3.10. The average Bonchev–Trinajstić information content (AvgIpc) is 2.79. The molecule has 3 rings (SSSR count). The van der Waals surface area contributed by atoms with E-state index in [1.807, 2.05) is 63.2 Å².